The van der Waals surface area contributed by atoms with Crippen LogP contribution in [0, 0.1) is 5.82 Å². The first-order valence-electron chi connectivity index (χ1n) is 5.03. The monoisotopic (exact) mass is 286 g/mol. The second-order valence-corrected chi connectivity index (χ2v) is 4.83. The van der Waals surface area contributed by atoms with Crippen molar-refractivity contribution in [3.8, 4) is 0 Å². The molecule has 0 aliphatic carbocycles. The van der Waals surface area contributed by atoms with E-state index in [1.807, 2.05) is 0 Å². The van der Waals surface area contributed by atoms with Gasteiger partial charge in [0, 0.05) is 30.0 Å². The first-order chi connectivity index (χ1) is 7.56. The van der Waals surface area contributed by atoms with Crippen LogP contribution in [0.4, 0.5) is 4.39 Å². The van der Waals surface area contributed by atoms with Crippen LogP contribution >= 0.6 is 15.9 Å². The molecule has 0 bridgehead atoms. The molecule has 2 N–H and O–H groups in total. The number of hydrogen-bond acceptors (Lipinski definition) is 2. The first-order valence-corrected chi connectivity index (χ1v) is 5.83. The summed E-state index contributed by atoms with van der Waals surface area (Å²) in [5, 5.41) is 0. The summed E-state index contributed by atoms with van der Waals surface area (Å²) in [4.78, 5) is 13.2. The standard InChI is InChI=1S/C11H12BrFN2O/c12-10-2-1-8(13)3-7(10)5-15-6-9(14)4-11(15)16/h1-3,9H,4-6,14H2. The van der Waals surface area contributed by atoms with Gasteiger partial charge in [-0.15, -0.1) is 0 Å². The predicted octanol–water partition coefficient (Wildman–Crippen LogP) is 1.65. The number of nitrogens with two attached hydrogens (primary N) is 1. The van der Waals surface area contributed by atoms with Crippen LogP contribution in [-0.4, -0.2) is 23.4 Å². The second kappa shape index (κ2) is 4.51. The van der Waals surface area contributed by atoms with Crippen molar-refractivity contribution >= 4 is 21.8 Å². The summed E-state index contributed by atoms with van der Waals surface area (Å²) in [6.45, 7) is 0.951. The molecule has 1 fully saturated rings. The van der Waals surface area contributed by atoms with Crippen LogP contribution in [0.2, 0.25) is 0 Å². The van der Waals surface area contributed by atoms with Crippen molar-refractivity contribution in [2.75, 3.05) is 6.54 Å². The van der Waals surface area contributed by atoms with Crippen LogP contribution in [0.15, 0.2) is 22.7 Å². The van der Waals surface area contributed by atoms with Gasteiger partial charge in [0.2, 0.25) is 5.91 Å². The summed E-state index contributed by atoms with van der Waals surface area (Å²) in [6.07, 6.45) is 0.382. The normalized spacial score (nSPS) is 20.6. The zero-order valence-corrected chi connectivity index (χ0v) is 10.2. The van der Waals surface area contributed by atoms with Gasteiger partial charge in [0.25, 0.3) is 0 Å². The van der Waals surface area contributed by atoms with Crippen LogP contribution in [0.5, 0.6) is 0 Å². The van der Waals surface area contributed by atoms with Gasteiger partial charge in [-0.25, -0.2) is 4.39 Å². The van der Waals surface area contributed by atoms with E-state index in [1.54, 1.807) is 11.0 Å². The van der Waals surface area contributed by atoms with Gasteiger partial charge in [-0.3, -0.25) is 4.79 Å². The average molecular weight is 287 g/mol. The maximum absolute atomic E-state index is 13.0. The van der Waals surface area contributed by atoms with Gasteiger partial charge in [0.05, 0.1) is 0 Å². The molecule has 1 saturated heterocycles. The van der Waals surface area contributed by atoms with Crippen molar-refractivity contribution in [3.05, 3.63) is 34.1 Å². The molecule has 3 nitrogen and oxygen atoms in total. The SMILES string of the molecule is NC1CC(=O)N(Cc2cc(F)ccc2Br)C1. The Morgan fingerprint density at radius 3 is 2.94 bits per heavy atom. The third-order valence-corrected chi connectivity index (χ3v) is 3.39. The Bertz CT molecular complexity index is 424. The number of amides is 1. The van der Waals surface area contributed by atoms with E-state index in [-0.39, 0.29) is 17.8 Å². The van der Waals surface area contributed by atoms with Gasteiger partial charge >= 0.3 is 0 Å². The molecule has 5 heteroatoms. The lowest BCUT2D eigenvalue weighted by atomic mass is 10.2. The van der Waals surface area contributed by atoms with E-state index in [0.29, 0.717) is 19.5 Å². The van der Waals surface area contributed by atoms with Gasteiger partial charge in [-0.1, -0.05) is 15.9 Å². The third kappa shape index (κ3) is 2.41. The molecule has 86 valence electrons. The Hall–Kier alpha value is -0.940. The largest absolute Gasteiger partial charge is 0.337 e. The van der Waals surface area contributed by atoms with E-state index in [4.69, 9.17) is 5.73 Å². The quantitative estimate of drug-likeness (QED) is 0.899. The molecule has 16 heavy (non-hydrogen) atoms. The van der Waals surface area contributed by atoms with E-state index >= 15 is 0 Å². The molecule has 0 radical (unpaired) electrons. The van der Waals surface area contributed by atoms with E-state index in [1.165, 1.54) is 12.1 Å². The predicted molar refractivity (Wildman–Crippen MR) is 62.1 cm³/mol. The molecule has 1 aliphatic heterocycles. The van der Waals surface area contributed by atoms with Crippen LogP contribution in [0.3, 0.4) is 0 Å². The molecule has 1 aliphatic rings. The average Bonchev–Trinajstić information content (AvgIpc) is 2.51. The van der Waals surface area contributed by atoms with Crippen molar-refractivity contribution in [1.82, 2.24) is 4.90 Å². The van der Waals surface area contributed by atoms with Crippen molar-refractivity contribution in [2.45, 2.75) is 19.0 Å². The second-order valence-electron chi connectivity index (χ2n) is 3.97. The highest BCUT2D eigenvalue weighted by atomic mass is 79.9. The maximum atomic E-state index is 13.0. The molecular formula is C11H12BrFN2O. The minimum absolute atomic E-state index is 0.0312. The molecule has 1 amide bonds. The third-order valence-electron chi connectivity index (χ3n) is 2.61. The number of benzene rings is 1. The van der Waals surface area contributed by atoms with Crippen LogP contribution in [0.25, 0.3) is 0 Å². The zero-order valence-electron chi connectivity index (χ0n) is 8.62. The topological polar surface area (TPSA) is 46.3 Å². The Balaban J connectivity index is 2.15. The van der Waals surface area contributed by atoms with E-state index in [9.17, 15) is 9.18 Å². The van der Waals surface area contributed by atoms with Crippen LogP contribution < -0.4 is 5.73 Å². The van der Waals surface area contributed by atoms with E-state index in [2.05, 4.69) is 15.9 Å². The fourth-order valence-electron chi connectivity index (χ4n) is 1.83. The molecule has 1 heterocycles. The summed E-state index contributed by atoms with van der Waals surface area (Å²) in [5.41, 5.74) is 6.46. The molecule has 1 unspecified atom stereocenters. The zero-order chi connectivity index (χ0) is 11.7. The summed E-state index contributed by atoms with van der Waals surface area (Å²) < 4.78 is 13.9. The molecule has 2 rings (SSSR count). The van der Waals surface area contributed by atoms with Crippen molar-refractivity contribution < 1.29 is 9.18 Å². The highest BCUT2D eigenvalue weighted by molar-refractivity contribution is 9.10. The molecule has 1 aromatic carbocycles. The van der Waals surface area contributed by atoms with E-state index < -0.39 is 0 Å². The fourth-order valence-corrected chi connectivity index (χ4v) is 2.20. The van der Waals surface area contributed by atoms with Gasteiger partial charge in [0.15, 0.2) is 0 Å². The highest BCUT2D eigenvalue weighted by Gasteiger charge is 2.27. The molecule has 1 aromatic rings. The smallest absolute Gasteiger partial charge is 0.224 e. The lowest BCUT2D eigenvalue weighted by molar-refractivity contribution is -0.128. The van der Waals surface area contributed by atoms with Gasteiger partial charge in [0.1, 0.15) is 5.82 Å². The van der Waals surface area contributed by atoms with Crippen molar-refractivity contribution in [1.29, 1.82) is 0 Å². The van der Waals surface area contributed by atoms with Crippen LogP contribution in [0.1, 0.15) is 12.0 Å². The number of rotatable bonds is 2. The van der Waals surface area contributed by atoms with Crippen molar-refractivity contribution in [3.63, 3.8) is 0 Å². The Morgan fingerprint density at radius 1 is 1.56 bits per heavy atom. The highest BCUT2D eigenvalue weighted by Crippen LogP contribution is 2.21. The number of carbonyl (C=O) groups excluding carboxylic acids is 1. The Labute approximate surface area is 102 Å². The molecule has 0 saturated carbocycles. The lowest BCUT2D eigenvalue weighted by Gasteiger charge is -2.16. The number of nitrogens with zero attached hydrogens (tertiary/aromatic N) is 1. The number of carbonyl (C=O) groups is 1. The Morgan fingerprint density at radius 2 is 2.31 bits per heavy atom. The summed E-state index contributed by atoms with van der Waals surface area (Å²) in [5.74, 6) is -0.266. The van der Waals surface area contributed by atoms with Crippen molar-refractivity contribution in [2.24, 2.45) is 5.73 Å². The Kier molecular flexibility index (Phi) is 3.25. The van der Waals surface area contributed by atoms with Gasteiger partial charge < -0.3 is 10.6 Å². The first kappa shape index (κ1) is 11.5. The lowest BCUT2D eigenvalue weighted by Crippen LogP contribution is -2.28. The molecule has 0 spiro atoms. The minimum Gasteiger partial charge on any atom is -0.337 e. The number of hydrogen-bond donors (Lipinski definition) is 1. The van der Waals surface area contributed by atoms with E-state index in [0.717, 1.165) is 10.0 Å². The molecule has 0 aromatic heterocycles. The summed E-state index contributed by atoms with van der Waals surface area (Å²) in [6, 6.07) is 4.36. The molecule has 1 atom stereocenters. The summed E-state index contributed by atoms with van der Waals surface area (Å²) >= 11 is 3.34. The number of halogens is 2. The van der Waals surface area contributed by atoms with Gasteiger partial charge in [-0.2, -0.15) is 0 Å². The minimum atomic E-state index is -0.297. The summed E-state index contributed by atoms with van der Waals surface area (Å²) in [7, 11) is 0. The fraction of sp³-hybridized carbons (Fsp3) is 0.364. The molecular weight excluding hydrogens is 275 g/mol. The maximum Gasteiger partial charge on any atom is 0.224 e. The number of likely N-dealkylation sites (tertiary alicyclic amines) is 1. The van der Waals surface area contributed by atoms with Crippen LogP contribution in [-0.2, 0) is 11.3 Å². The van der Waals surface area contributed by atoms with Gasteiger partial charge in [-0.05, 0) is 23.8 Å².